The SMILES string of the molecule is COc1cc(CNc2cccc(CO)c2)cc(OC)c1O. The molecule has 2 rings (SSSR count). The molecule has 0 aromatic heterocycles. The van der Waals surface area contributed by atoms with E-state index in [1.165, 1.54) is 14.2 Å². The molecule has 0 amide bonds. The number of aromatic hydroxyl groups is 1. The Morgan fingerprint density at radius 1 is 1.00 bits per heavy atom. The number of nitrogens with one attached hydrogen (secondary N) is 1. The van der Waals surface area contributed by atoms with Crippen LogP contribution in [0.4, 0.5) is 5.69 Å². The fraction of sp³-hybridized carbons (Fsp3) is 0.250. The van der Waals surface area contributed by atoms with E-state index < -0.39 is 0 Å². The first-order chi connectivity index (χ1) is 10.2. The van der Waals surface area contributed by atoms with Crippen LogP contribution in [0.15, 0.2) is 36.4 Å². The lowest BCUT2D eigenvalue weighted by atomic mass is 10.1. The predicted molar refractivity (Wildman–Crippen MR) is 80.9 cm³/mol. The van der Waals surface area contributed by atoms with E-state index in [9.17, 15) is 5.11 Å². The minimum atomic E-state index is -0.00831. The summed E-state index contributed by atoms with van der Waals surface area (Å²) in [5.74, 6) is 0.733. The summed E-state index contributed by atoms with van der Waals surface area (Å²) in [7, 11) is 2.99. The van der Waals surface area contributed by atoms with E-state index in [1.807, 2.05) is 24.3 Å². The van der Waals surface area contributed by atoms with Crippen molar-refractivity contribution in [2.45, 2.75) is 13.2 Å². The van der Waals surface area contributed by atoms with Gasteiger partial charge in [-0.15, -0.1) is 0 Å². The second-order valence-electron chi connectivity index (χ2n) is 4.56. The third-order valence-electron chi connectivity index (χ3n) is 3.15. The molecule has 0 aliphatic heterocycles. The number of aliphatic hydroxyl groups excluding tert-OH is 1. The van der Waals surface area contributed by atoms with Crippen LogP contribution in [0.3, 0.4) is 0 Å². The second kappa shape index (κ2) is 6.85. The molecular formula is C16H19NO4. The van der Waals surface area contributed by atoms with E-state index in [0.29, 0.717) is 18.0 Å². The summed E-state index contributed by atoms with van der Waals surface area (Å²) in [6, 6.07) is 11.0. The van der Waals surface area contributed by atoms with Gasteiger partial charge in [-0.3, -0.25) is 0 Å². The number of benzene rings is 2. The Hall–Kier alpha value is -2.40. The van der Waals surface area contributed by atoms with Crippen molar-refractivity contribution < 1.29 is 19.7 Å². The molecule has 0 heterocycles. The third kappa shape index (κ3) is 3.58. The molecule has 0 aliphatic carbocycles. The zero-order chi connectivity index (χ0) is 15.2. The van der Waals surface area contributed by atoms with Crippen molar-refractivity contribution in [3.63, 3.8) is 0 Å². The smallest absolute Gasteiger partial charge is 0.200 e. The van der Waals surface area contributed by atoms with Gasteiger partial charge in [0.2, 0.25) is 5.75 Å². The quantitative estimate of drug-likeness (QED) is 0.762. The van der Waals surface area contributed by atoms with Gasteiger partial charge in [-0.1, -0.05) is 12.1 Å². The molecule has 0 radical (unpaired) electrons. The van der Waals surface area contributed by atoms with E-state index >= 15 is 0 Å². The Labute approximate surface area is 123 Å². The molecule has 2 aromatic rings. The minimum Gasteiger partial charge on any atom is -0.502 e. The summed E-state index contributed by atoms with van der Waals surface area (Å²) in [5.41, 5.74) is 2.67. The van der Waals surface area contributed by atoms with Crippen LogP contribution in [0.2, 0.25) is 0 Å². The van der Waals surface area contributed by atoms with Crippen LogP contribution in [-0.4, -0.2) is 24.4 Å². The Morgan fingerprint density at radius 3 is 2.24 bits per heavy atom. The lowest BCUT2D eigenvalue weighted by Gasteiger charge is -2.12. The third-order valence-corrected chi connectivity index (χ3v) is 3.15. The molecule has 112 valence electrons. The summed E-state index contributed by atoms with van der Waals surface area (Å²) in [5, 5.41) is 22.2. The number of hydrogen-bond donors (Lipinski definition) is 3. The molecule has 0 bridgehead atoms. The van der Waals surface area contributed by atoms with Crippen LogP contribution in [0, 0.1) is 0 Å². The van der Waals surface area contributed by atoms with Crippen LogP contribution < -0.4 is 14.8 Å². The lowest BCUT2D eigenvalue weighted by molar-refractivity contribution is 0.282. The zero-order valence-electron chi connectivity index (χ0n) is 12.1. The highest BCUT2D eigenvalue weighted by atomic mass is 16.5. The molecule has 0 fully saturated rings. The number of hydrogen-bond acceptors (Lipinski definition) is 5. The van der Waals surface area contributed by atoms with Crippen molar-refractivity contribution >= 4 is 5.69 Å². The maximum atomic E-state index is 9.87. The zero-order valence-corrected chi connectivity index (χ0v) is 12.1. The van der Waals surface area contributed by atoms with Crippen LogP contribution in [-0.2, 0) is 13.2 Å². The van der Waals surface area contributed by atoms with E-state index in [-0.39, 0.29) is 12.4 Å². The average molecular weight is 289 g/mol. The maximum absolute atomic E-state index is 9.87. The van der Waals surface area contributed by atoms with Gasteiger partial charge in [0.05, 0.1) is 20.8 Å². The van der Waals surface area contributed by atoms with E-state index in [0.717, 1.165) is 16.8 Å². The first-order valence-corrected chi connectivity index (χ1v) is 6.55. The normalized spacial score (nSPS) is 10.2. The number of anilines is 1. The van der Waals surface area contributed by atoms with Crippen molar-refractivity contribution in [2.24, 2.45) is 0 Å². The van der Waals surface area contributed by atoms with Gasteiger partial charge in [-0.05, 0) is 35.4 Å². The van der Waals surface area contributed by atoms with Crippen molar-refractivity contribution in [1.82, 2.24) is 0 Å². The molecule has 0 saturated carbocycles. The molecule has 5 heteroatoms. The molecule has 0 saturated heterocycles. The number of aliphatic hydroxyl groups is 1. The number of phenolic OH excluding ortho intramolecular Hbond substituents is 1. The van der Waals surface area contributed by atoms with Gasteiger partial charge >= 0.3 is 0 Å². The summed E-state index contributed by atoms with van der Waals surface area (Å²) < 4.78 is 10.3. The van der Waals surface area contributed by atoms with Gasteiger partial charge in [-0.25, -0.2) is 0 Å². The van der Waals surface area contributed by atoms with Gasteiger partial charge in [0.1, 0.15) is 0 Å². The van der Waals surface area contributed by atoms with Crippen LogP contribution >= 0.6 is 0 Å². The van der Waals surface area contributed by atoms with Gasteiger partial charge in [0, 0.05) is 12.2 Å². The lowest BCUT2D eigenvalue weighted by Crippen LogP contribution is -2.01. The monoisotopic (exact) mass is 289 g/mol. The molecule has 0 unspecified atom stereocenters. The fourth-order valence-corrected chi connectivity index (χ4v) is 2.03. The molecule has 21 heavy (non-hydrogen) atoms. The van der Waals surface area contributed by atoms with E-state index in [4.69, 9.17) is 14.6 Å². The second-order valence-corrected chi connectivity index (χ2v) is 4.56. The minimum absolute atomic E-state index is 0.00831. The van der Waals surface area contributed by atoms with Crippen LogP contribution in [0.25, 0.3) is 0 Å². The molecule has 0 atom stereocenters. The highest BCUT2D eigenvalue weighted by molar-refractivity contribution is 5.54. The van der Waals surface area contributed by atoms with E-state index in [1.54, 1.807) is 12.1 Å². The van der Waals surface area contributed by atoms with Gasteiger partial charge < -0.3 is 25.0 Å². The van der Waals surface area contributed by atoms with Crippen molar-refractivity contribution in [1.29, 1.82) is 0 Å². The summed E-state index contributed by atoms with van der Waals surface area (Å²) in [6.07, 6.45) is 0. The predicted octanol–water partition coefficient (Wildman–Crippen LogP) is 2.51. The van der Waals surface area contributed by atoms with Crippen LogP contribution in [0.1, 0.15) is 11.1 Å². The Morgan fingerprint density at radius 2 is 1.67 bits per heavy atom. The summed E-state index contributed by atoms with van der Waals surface area (Å²) in [4.78, 5) is 0. The number of ether oxygens (including phenoxy) is 2. The molecule has 5 nitrogen and oxygen atoms in total. The fourth-order valence-electron chi connectivity index (χ4n) is 2.03. The molecule has 0 spiro atoms. The van der Waals surface area contributed by atoms with Gasteiger partial charge in [0.15, 0.2) is 11.5 Å². The highest BCUT2D eigenvalue weighted by Gasteiger charge is 2.11. The molecule has 3 N–H and O–H groups in total. The van der Waals surface area contributed by atoms with Gasteiger partial charge in [0.25, 0.3) is 0 Å². The average Bonchev–Trinajstić information content (AvgIpc) is 2.54. The Bertz CT molecular complexity index is 588. The maximum Gasteiger partial charge on any atom is 0.200 e. The Kier molecular flexibility index (Phi) is 4.90. The standard InChI is InChI=1S/C16H19NO4/c1-20-14-7-12(8-15(21-2)16(14)19)9-17-13-5-3-4-11(6-13)10-18/h3-8,17-19H,9-10H2,1-2H3. The molecular weight excluding hydrogens is 270 g/mol. The van der Waals surface area contributed by atoms with Crippen molar-refractivity contribution in [3.8, 4) is 17.2 Å². The number of rotatable bonds is 6. The first kappa shape index (κ1) is 15.0. The van der Waals surface area contributed by atoms with Crippen LogP contribution in [0.5, 0.6) is 17.2 Å². The largest absolute Gasteiger partial charge is 0.502 e. The summed E-state index contributed by atoms with van der Waals surface area (Å²) >= 11 is 0. The molecule has 0 aliphatic rings. The number of methoxy groups -OCH3 is 2. The summed E-state index contributed by atoms with van der Waals surface area (Å²) in [6.45, 7) is 0.554. The first-order valence-electron chi connectivity index (χ1n) is 6.55. The van der Waals surface area contributed by atoms with Crippen molar-refractivity contribution in [3.05, 3.63) is 47.5 Å². The highest BCUT2D eigenvalue weighted by Crippen LogP contribution is 2.37. The number of phenols is 1. The van der Waals surface area contributed by atoms with Crippen molar-refractivity contribution in [2.75, 3.05) is 19.5 Å². The Balaban J connectivity index is 2.15. The topological polar surface area (TPSA) is 71.0 Å². The van der Waals surface area contributed by atoms with Gasteiger partial charge in [-0.2, -0.15) is 0 Å². The molecule has 2 aromatic carbocycles. The van der Waals surface area contributed by atoms with E-state index in [2.05, 4.69) is 5.32 Å².